The predicted molar refractivity (Wildman–Crippen MR) is 120 cm³/mol. The summed E-state index contributed by atoms with van der Waals surface area (Å²) in [6.07, 6.45) is 0.896. The number of rotatable bonds is 7. The van der Waals surface area contributed by atoms with E-state index in [1.807, 2.05) is 29.9 Å². The average Bonchev–Trinajstić information content (AvgIpc) is 2.86. The number of pyridine rings is 1. The lowest BCUT2D eigenvalue weighted by atomic mass is 10.1. The van der Waals surface area contributed by atoms with Crippen molar-refractivity contribution in [3.63, 3.8) is 0 Å². The fourth-order valence-electron chi connectivity index (χ4n) is 2.84. The largest absolute Gasteiger partial charge is 0.481 e. The molecule has 0 aliphatic rings. The monoisotopic (exact) mass is 486 g/mol. The molecule has 8 heteroatoms. The average molecular weight is 486 g/mol. The SMILES string of the molecule is CCNC(=NCc1cccc(OC)n1)NC(C)Cc1c(C)nn(C)c1C.I. The molecule has 0 bridgehead atoms. The quantitative estimate of drug-likeness (QED) is 0.358. The Morgan fingerprint density at radius 2 is 2.07 bits per heavy atom. The van der Waals surface area contributed by atoms with Crippen LogP contribution in [0.15, 0.2) is 23.2 Å². The minimum Gasteiger partial charge on any atom is -0.481 e. The Morgan fingerprint density at radius 1 is 1.33 bits per heavy atom. The maximum Gasteiger partial charge on any atom is 0.213 e. The smallest absolute Gasteiger partial charge is 0.213 e. The molecule has 0 saturated heterocycles. The molecule has 2 aromatic rings. The lowest BCUT2D eigenvalue weighted by Gasteiger charge is -2.18. The molecule has 0 aromatic carbocycles. The first kappa shape index (κ1) is 23.2. The summed E-state index contributed by atoms with van der Waals surface area (Å²) in [5, 5.41) is 11.3. The molecule has 2 aromatic heterocycles. The minimum absolute atomic E-state index is 0. The number of guanidine groups is 1. The van der Waals surface area contributed by atoms with E-state index in [9.17, 15) is 0 Å². The number of halogens is 1. The van der Waals surface area contributed by atoms with Gasteiger partial charge in [-0.15, -0.1) is 24.0 Å². The van der Waals surface area contributed by atoms with Crippen molar-refractivity contribution in [3.05, 3.63) is 40.8 Å². The van der Waals surface area contributed by atoms with Gasteiger partial charge in [-0.1, -0.05) is 6.07 Å². The highest BCUT2D eigenvalue weighted by molar-refractivity contribution is 14.0. The molecule has 0 fully saturated rings. The number of aromatic nitrogens is 3. The van der Waals surface area contributed by atoms with E-state index in [4.69, 9.17) is 4.74 Å². The van der Waals surface area contributed by atoms with Crippen LogP contribution in [-0.4, -0.2) is 40.4 Å². The second-order valence-corrected chi connectivity index (χ2v) is 6.39. The maximum atomic E-state index is 5.17. The van der Waals surface area contributed by atoms with Gasteiger partial charge in [0, 0.05) is 31.4 Å². The van der Waals surface area contributed by atoms with E-state index < -0.39 is 0 Å². The second kappa shape index (κ2) is 11.1. The highest BCUT2D eigenvalue weighted by atomic mass is 127. The van der Waals surface area contributed by atoms with Crippen LogP contribution in [0.3, 0.4) is 0 Å². The van der Waals surface area contributed by atoms with Gasteiger partial charge in [-0.25, -0.2) is 9.98 Å². The Morgan fingerprint density at radius 3 is 2.67 bits per heavy atom. The van der Waals surface area contributed by atoms with Crippen molar-refractivity contribution in [3.8, 4) is 5.88 Å². The van der Waals surface area contributed by atoms with Crippen LogP contribution in [-0.2, 0) is 20.0 Å². The lowest BCUT2D eigenvalue weighted by molar-refractivity contribution is 0.396. The van der Waals surface area contributed by atoms with Crippen LogP contribution in [0.5, 0.6) is 5.88 Å². The van der Waals surface area contributed by atoms with Crippen molar-refractivity contribution in [1.82, 2.24) is 25.4 Å². The normalized spacial score (nSPS) is 12.3. The first-order valence-corrected chi connectivity index (χ1v) is 8.98. The summed E-state index contributed by atoms with van der Waals surface area (Å²) in [7, 11) is 3.60. The topological polar surface area (TPSA) is 76.4 Å². The molecule has 2 rings (SSSR count). The Hall–Kier alpha value is -1.84. The third-order valence-electron chi connectivity index (χ3n) is 4.29. The van der Waals surface area contributed by atoms with Crippen LogP contribution >= 0.6 is 24.0 Å². The lowest BCUT2D eigenvalue weighted by Crippen LogP contribution is -2.43. The Kier molecular flexibility index (Phi) is 9.54. The van der Waals surface area contributed by atoms with Gasteiger partial charge in [0.15, 0.2) is 5.96 Å². The highest BCUT2D eigenvalue weighted by Crippen LogP contribution is 2.14. The van der Waals surface area contributed by atoms with Crippen LogP contribution in [0.25, 0.3) is 0 Å². The molecule has 0 saturated carbocycles. The van der Waals surface area contributed by atoms with Gasteiger partial charge in [0.2, 0.25) is 5.88 Å². The van der Waals surface area contributed by atoms with Crippen LogP contribution in [0, 0.1) is 13.8 Å². The number of aliphatic imine (C=N–C) groups is 1. The summed E-state index contributed by atoms with van der Waals surface area (Å²) >= 11 is 0. The van der Waals surface area contributed by atoms with Crippen molar-refractivity contribution in [2.45, 2.75) is 46.7 Å². The first-order valence-electron chi connectivity index (χ1n) is 8.98. The molecule has 7 nitrogen and oxygen atoms in total. The van der Waals surface area contributed by atoms with E-state index in [2.05, 4.69) is 53.4 Å². The van der Waals surface area contributed by atoms with Gasteiger partial charge in [-0.05, 0) is 45.7 Å². The summed E-state index contributed by atoms with van der Waals surface area (Å²) in [6, 6.07) is 5.93. The third kappa shape index (κ3) is 6.67. The number of hydrogen-bond acceptors (Lipinski definition) is 4. The van der Waals surface area contributed by atoms with Crippen molar-refractivity contribution in [1.29, 1.82) is 0 Å². The van der Waals surface area contributed by atoms with Crippen molar-refractivity contribution in [2.24, 2.45) is 12.0 Å². The molecule has 2 heterocycles. The summed E-state index contributed by atoms with van der Waals surface area (Å²) in [5.74, 6) is 1.38. The predicted octanol–water partition coefficient (Wildman–Crippen LogP) is 2.74. The Labute approximate surface area is 179 Å². The van der Waals surface area contributed by atoms with E-state index in [0.29, 0.717) is 12.4 Å². The molecule has 0 radical (unpaired) electrons. The summed E-state index contributed by atoms with van der Waals surface area (Å²) in [4.78, 5) is 9.05. The minimum atomic E-state index is 0. The molecule has 1 unspecified atom stereocenters. The van der Waals surface area contributed by atoms with E-state index in [-0.39, 0.29) is 30.0 Å². The number of methoxy groups -OCH3 is 1. The summed E-state index contributed by atoms with van der Waals surface area (Å²) < 4.78 is 7.10. The van der Waals surface area contributed by atoms with Gasteiger partial charge >= 0.3 is 0 Å². The van der Waals surface area contributed by atoms with Crippen molar-refractivity contribution in [2.75, 3.05) is 13.7 Å². The van der Waals surface area contributed by atoms with E-state index >= 15 is 0 Å². The molecule has 0 aliphatic carbocycles. The molecule has 27 heavy (non-hydrogen) atoms. The first-order chi connectivity index (χ1) is 12.4. The van der Waals surface area contributed by atoms with E-state index in [1.165, 1.54) is 11.3 Å². The molecule has 150 valence electrons. The van der Waals surface area contributed by atoms with Gasteiger partial charge in [-0.3, -0.25) is 4.68 Å². The maximum absolute atomic E-state index is 5.17. The standard InChI is InChI=1S/C19H30N6O.HI/c1-7-20-19(21-12-16-9-8-10-18(23-16)26-6)22-13(2)11-17-14(3)24-25(5)15(17)4;/h8-10,13H,7,11-12H2,1-6H3,(H2,20,21,22);1H. The number of nitrogens with one attached hydrogen (secondary N) is 2. The molecule has 0 amide bonds. The summed E-state index contributed by atoms with van der Waals surface area (Å²) in [5.41, 5.74) is 4.45. The molecule has 1 atom stereocenters. The van der Waals surface area contributed by atoms with Gasteiger partial charge in [0.25, 0.3) is 0 Å². The Bertz CT molecular complexity index is 759. The van der Waals surface area contributed by atoms with Crippen LogP contribution in [0.4, 0.5) is 0 Å². The number of aryl methyl sites for hydroxylation is 2. The van der Waals surface area contributed by atoms with Crippen LogP contribution < -0.4 is 15.4 Å². The van der Waals surface area contributed by atoms with Gasteiger partial charge in [0.05, 0.1) is 25.0 Å². The number of hydrogen-bond donors (Lipinski definition) is 2. The van der Waals surface area contributed by atoms with Gasteiger partial charge in [-0.2, -0.15) is 5.10 Å². The fourth-order valence-corrected chi connectivity index (χ4v) is 2.84. The molecular formula is C19H31IN6O. The molecular weight excluding hydrogens is 455 g/mol. The zero-order valence-corrected chi connectivity index (χ0v) is 19.4. The third-order valence-corrected chi connectivity index (χ3v) is 4.29. The van der Waals surface area contributed by atoms with E-state index in [0.717, 1.165) is 30.3 Å². The molecule has 0 spiro atoms. The number of nitrogens with zero attached hydrogens (tertiary/aromatic N) is 4. The van der Waals surface area contributed by atoms with Crippen LogP contribution in [0.1, 0.15) is 36.5 Å². The van der Waals surface area contributed by atoms with Gasteiger partial charge in [0.1, 0.15) is 0 Å². The zero-order valence-electron chi connectivity index (χ0n) is 17.0. The highest BCUT2D eigenvalue weighted by Gasteiger charge is 2.14. The summed E-state index contributed by atoms with van der Waals surface area (Å²) in [6.45, 7) is 9.67. The van der Waals surface area contributed by atoms with Crippen LogP contribution in [0.2, 0.25) is 0 Å². The molecule has 2 N–H and O–H groups in total. The fraction of sp³-hybridized carbons (Fsp3) is 0.526. The second-order valence-electron chi connectivity index (χ2n) is 6.39. The number of ether oxygens (including phenoxy) is 1. The molecule has 0 aliphatic heterocycles. The van der Waals surface area contributed by atoms with Crippen molar-refractivity contribution >= 4 is 29.9 Å². The zero-order chi connectivity index (χ0) is 19.1. The van der Waals surface area contributed by atoms with Gasteiger partial charge < -0.3 is 15.4 Å². The van der Waals surface area contributed by atoms with Crippen molar-refractivity contribution < 1.29 is 4.74 Å². The Balaban J connectivity index is 0.00000364. The van der Waals surface area contributed by atoms with E-state index in [1.54, 1.807) is 7.11 Å².